The summed E-state index contributed by atoms with van der Waals surface area (Å²) in [4.78, 5) is 11.7. The SMILES string of the molecule is CCC(CC(C)(C)C(=O)OC)c1ccc(O)cc1. The van der Waals surface area contributed by atoms with E-state index in [4.69, 9.17) is 4.74 Å². The Bertz CT molecular complexity index is 393. The second-order valence-electron chi connectivity index (χ2n) is 5.28. The van der Waals surface area contributed by atoms with Gasteiger partial charge in [-0.2, -0.15) is 0 Å². The second kappa shape index (κ2) is 5.89. The Morgan fingerprint density at radius 2 is 1.89 bits per heavy atom. The lowest BCUT2D eigenvalue weighted by molar-refractivity contribution is -0.151. The lowest BCUT2D eigenvalue weighted by Crippen LogP contribution is -2.27. The third-order valence-corrected chi connectivity index (χ3v) is 3.35. The number of aromatic hydroxyl groups is 1. The highest BCUT2D eigenvalue weighted by Gasteiger charge is 2.31. The van der Waals surface area contributed by atoms with Crippen LogP contribution in [0.5, 0.6) is 5.75 Å². The molecule has 0 radical (unpaired) electrons. The molecular weight excluding hydrogens is 228 g/mol. The Balaban J connectivity index is 2.85. The summed E-state index contributed by atoms with van der Waals surface area (Å²) in [6, 6.07) is 7.19. The molecule has 1 unspecified atom stereocenters. The molecule has 18 heavy (non-hydrogen) atoms. The van der Waals surface area contributed by atoms with E-state index in [-0.39, 0.29) is 11.7 Å². The van der Waals surface area contributed by atoms with E-state index in [0.717, 1.165) is 18.4 Å². The van der Waals surface area contributed by atoms with Crippen LogP contribution in [-0.4, -0.2) is 18.2 Å². The number of ether oxygens (including phenoxy) is 1. The van der Waals surface area contributed by atoms with E-state index in [9.17, 15) is 9.90 Å². The van der Waals surface area contributed by atoms with E-state index in [2.05, 4.69) is 6.92 Å². The van der Waals surface area contributed by atoms with Gasteiger partial charge in [0.05, 0.1) is 12.5 Å². The largest absolute Gasteiger partial charge is 0.508 e. The zero-order valence-corrected chi connectivity index (χ0v) is 11.6. The van der Waals surface area contributed by atoms with E-state index >= 15 is 0 Å². The quantitative estimate of drug-likeness (QED) is 0.814. The predicted molar refractivity (Wildman–Crippen MR) is 71.6 cm³/mol. The van der Waals surface area contributed by atoms with Gasteiger partial charge in [-0.3, -0.25) is 4.79 Å². The molecule has 0 aromatic heterocycles. The third kappa shape index (κ3) is 3.49. The number of carbonyl (C=O) groups excluding carboxylic acids is 1. The third-order valence-electron chi connectivity index (χ3n) is 3.35. The van der Waals surface area contributed by atoms with Gasteiger partial charge in [0.25, 0.3) is 0 Å². The summed E-state index contributed by atoms with van der Waals surface area (Å²) < 4.78 is 4.84. The Morgan fingerprint density at radius 1 is 1.33 bits per heavy atom. The molecule has 0 aliphatic heterocycles. The molecule has 0 spiro atoms. The van der Waals surface area contributed by atoms with Gasteiger partial charge in [0, 0.05) is 0 Å². The summed E-state index contributed by atoms with van der Waals surface area (Å²) in [5.41, 5.74) is 0.653. The predicted octanol–water partition coefficient (Wildman–Crippen LogP) is 3.48. The fourth-order valence-electron chi connectivity index (χ4n) is 2.22. The van der Waals surface area contributed by atoms with Crippen LogP contribution in [0, 0.1) is 5.41 Å². The van der Waals surface area contributed by atoms with Crippen molar-refractivity contribution in [2.24, 2.45) is 5.41 Å². The van der Waals surface area contributed by atoms with Gasteiger partial charge in [-0.15, -0.1) is 0 Å². The minimum atomic E-state index is -0.493. The standard InChI is InChI=1S/C15H22O3/c1-5-11(10-15(2,3)14(17)18-4)12-6-8-13(16)9-7-12/h6-9,11,16H,5,10H2,1-4H3. The van der Waals surface area contributed by atoms with E-state index < -0.39 is 5.41 Å². The van der Waals surface area contributed by atoms with Crippen molar-refractivity contribution < 1.29 is 14.6 Å². The van der Waals surface area contributed by atoms with Crippen molar-refractivity contribution in [3.05, 3.63) is 29.8 Å². The summed E-state index contributed by atoms with van der Waals surface area (Å²) in [5.74, 6) is 0.375. The van der Waals surface area contributed by atoms with Crippen molar-refractivity contribution in [1.82, 2.24) is 0 Å². The number of hydrogen-bond acceptors (Lipinski definition) is 3. The molecule has 0 amide bonds. The normalized spacial score (nSPS) is 13.1. The van der Waals surface area contributed by atoms with Crippen LogP contribution in [0.25, 0.3) is 0 Å². The molecule has 0 saturated heterocycles. The molecule has 1 rings (SSSR count). The zero-order chi connectivity index (χ0) is 13.8. The molecule has 0 heterocycles. The summed E-state index contributed by atoms with van der Waals surface area (Å²) in [5, 5.41) is 9.30. The number of phenols is 1. The van der Waals surface area contributed by atoms with Crippen molar-refractivity contribution in [3.8, 4) is 5.75 Å². The minimum absolute atomic E-state index is 0.181. The smallest absolute Gasteiger partial charge is 0.311 e. The van der Waals surface area contributed by atoms with Crippen LogP contribution in [-0.2, 0) is 9.53 Å². The second-order valence-corrected chi connectivity index (χ2v) is 5.28. The van der Waals surface area contributed by atoms with Crippen LogP contribution in [0.1, 0.15) is 45.1 Å². The van der Waals surface area contributed by atoms with Gasteiger partial charge in [0.1, 0.15) is 5.75 Å². The van der Waals surface area contributed by atoms with Gasteiger partial charge in [-0.05, 0) is 50.3 Å². The maximum Gasteiger partial charge on any atom is 0.311 e. The highest BCUT2D eigenvalue weighted by Crippen LogP contribution is 2.35. The van der Waals surface area contributed by atoms with Crippen LogP contribution < -0.4 is 0 Å². The molecule has 3 heteroatoms. The number of methoxy groups -OCH3 is 1. The maximum atomic E-state index is 11.7. The molecule has 1 atom stereocenters. The Kier molecular flexibility index (Phi) is 4.76. The molecule has 0 saturated carbocycles. The van der Waals surface area contributed by atoms with Crippen molar-refractivity contribution in [2.75, 3.05) is 7.11 Å². The number of rotatable bonds is 5. The van der Waals surface area contributed by atoms with Gasteiger partial charge in [0.15, 0.2) is 0 Å². The first-order valence-corrected chi connectivity index (χ1v) is 6.28. The minimum Gasteiger partial charge on any atom is -0.508 e. The first-order valence-electron chi connectivity index (χ1n) is 6.28. The van der Waals surface area contributed by atoms with Crippen LogP contribution in [0.3, 0.4) is 0 Å². The molecule has 0 aliphatic carbocycles. The number of carbonyl (C=O) groups is 1. The summed E-state index contributed by atoms with van der Waals surface area (Å²) in [6.07, 6.45) is 1.69. The van der Waals surface area contributed by atoms with E-state index in [0.29, 0.717) is 5.92 Å². The molecule has 0 aliphatic rings. The fourth-order valence-corrected chi connectivity index (χ4v) is 2.22. The average Bonchev–Trinajstić information content (AvgIpc) is 2.36. The van der Waals surface area contributed by atoms with E-state index in [1.165, 1.54) is 7.11 Å². The first kappa shape index (κ1) is 14.6. The van der Waals surface area contributed by atoms with E-state index in [1.54, 1.807) is 12.1 Å². The van der Waals surface area contributed by atoms with Gasteiger partial charge in [0.2, 0.25) is 0 Å². The first-order chi connectivity index (χ1) is 8.40. The van der Waals surface area contributed by atoms with Gasteiger partial charge in [-0.1, -0.05) is 19.1 Å². The molecule has 1 aromatic rings. The van der Waals surface area contributed by atoms with Crippen molar-refractivity contribution >= 4 is 5.97 Å². The Morgan fingerprint density at radius 3 is 2.33 bits per heavy atom. The van der Waals surface area contributed by atoms with Crippen LogP contribution >= 0.6 is 0 Å². The molecule has 100 valence electrons. The molecule has 1 aromatic carbocycles. The lowest BCUT2D eigenvalue weighted by Gasteiger charge is -2.27. The van der Waals surface area contributed by atoms with Gasteiger partial charge < -0.3 is 9.84 Å². The highest BCUT2D eigenvalue weighted by molar-refractivity contribution is 5.75. The van der Waals surface area contributed by atoms with E-state index in [1.807, 2.05) is 26.0 Å². The Hall–Kier alpha value is -1.51. The van der Waals surface area contributed by atoms with Crippen LogP contribution in [0.4, 0.5) is 0 Å². The average molecular weight is 250 g/mol. The molecule has 3 nitrogen and oxygen atoms in total. The molecular formula is C15H22O3. The Labute approximate surface area is 109 Å². The van der Waals surface area contributed by atoms with Crippen molar-refractivity contribution in [2.45, 2.75) is 39.5 Å². The topological polar surface area (TPSA) is 46.5 Å². The molecule has 0 bridgehead atoms. The number of esters is 1. The fraction of sp³-hybridized carbons (Fsp3) is 0.533. The van der Waals surface area contributed by atoms with Crippen molar-refractivity contribution in [3.63, 3.8) is 0 Å². The van der Waals surface area contributed by atoms with Gasteiger partial charge in [-0.25, -0.2) is 0 Å². The zero-order valence-electron chi connectivity index (χ0n) is 11.6. The highest BCUT2D eigenvalue weighted by atomic mass is 16.5. The van der Waals surface area contributed by atoms with Gasteiger partial charge >= 0.3 is 5.97 Å². The van der Waals surface area contributed by atoms with Crippen molar-refractivity contribution in [1.29, 1.82) is 0 Å². The number of benzene rings is 1. The maximum absolute atomic E-state index is 11.7. The summed E-state index contributed by atoms with van der Waals surface area (Å²) in [7, 11) is 1.42. The monoisotopic (exact) mass is 250 g/mol. The lowest BCUT2D eigenvalue weighted by atomic mass is 9.79. The van der Waals surface area contributed by atoms with Crippen LogP contribution in [0.2, 0.25) is 0 Å². The van der Waals surface area contributed by atoms with Crippen LogP contribution in [0.15, 0.2) is 24.3 Å². The summed E-state index contributed by atoms with van der Waals surface area (Å²) >= 11 is 0. The number of hydrogen-bond donors (Lipinski definition) is 1. The number of phenolic OH excluding ortho intramolecular Hbond substituents is 1. The molecule has 0 fully saturated rings. The molecule has 1 N–H and O–H groups in total. The summed E-state index contributed by atoms with van der Waals surface area (Å²) in [6.45, 7) is 5.91.